The highest BCUT2D eigenvalue weighted by Crippen LogP contribution is 2.24. The Morgan fingerprint density at radius 3 is 2.06 bits per heavy atom. The first-order valence-electron chi connectivity index (χ1n) is 13.0. The molecule has 1 aromatic heterocycles. The van der Waals surface area contributed by atoms with Crippen LogP contribution in [0.4, 0.5) is 4.39 Å². The van der Waals surface area contributed by atoms with Crippen molar-refractivity contribution in [2.45, 2.75) is 84.5 Å². The zero-order chi connectivity index (χ0) is 24.9. The molecule has 2 aromatic carbocycles. The molecule has 0 aliphatic rings. The first kappa shape index (κ1) is 26.5. The van der Waals surface area contributed by atoms with Crippen molar-refractivity contribution < 1.29 is 13.9 Å². The number of benzene rings is 2. The highest BCUT2D eigenvalue weighted by Gasteiger charge is 2.13. The molecule has 0 spiro atoms. The molecular weight excluding hydrogens is 439 g/mol. The van der Waals surface area contributed by atoms with Crippen molar-refractivity contribution in [2.24, 2.45) is 0 Å². The third-order valence-corrected chi connectivity index (χ3v) is 6.14. The van der Waals surface area contributed by atoms with Crippen molar-refractivity contribution in [3.8, 4) is 17.1 Å². The van der Waals surface area contributed by atoms with Crippen LogP contribution in [0.15, 0.2) is 54.9 Å². The molecule has 0 unspecified atom stereocenters. The fraction of sp³-hybridized carbons (Fsp3) is 0.433. The van der Waals surface area contributed by atoms with Crippen LogP contribution in [-0.2, 0) is 12.8 Å². The largest absolute Gasteiger partial charge is 0.423 e. The normalized spacial score (nSPS) is 10.9. The first-order valence-corrected chi connectivity index (χ1v) is 13.0. The molecule has 0 radical (unpaired) electrons. The molecule has 4 nitrogen and oxygen atoms in total. The van der Waals surface area contributed by atoms with E-state index in [1.807, 2.05) is 12.1 Å². The van der Waals surface area contributed by atoms with Crippen molar-refractivity contribution >= 4 is 5.97 Å². The molecule has 0 atom stereocenters. The Morgan fingerprint density at radius 2 is 1.43 bits per heavy atom. The second-order valence-electron chi connectivity index (χ2n) is 9.12. The van der Waals surface area contributed by atoms with E-state index < -0.39 is 11.8 Å². The number of carbonyl (C=O) groups excluding carboxylic acids is 1. The highest BCUT2D eigenvalue weighted by molar-refractivity contribution is 5.91. The summed E-state index contributed by atoms with van der Waals surface area (Å²) in [6.45, 7) is 4.33. The molecule has 5 heteroatoms. The van der Waals surface area contributed by atoms with Gasteiger partial charge in [0, 0.05) is 18.5 Å². The van der Waals surface area contributed by atoms with Gasteiger partial charge in [0.15, 0.2) is 5.82 Å². The Hall–Kier alpha value is -3.08. The lowest BCUT2D eigenvalue weighted by atomic mass is 10.0. The van der Waals surface area contributed by atoms with Gasteiger partial charge in [-0.3, -0.25) is 0 Å². The Kier molecular flexibility index (Phi) is 10.9. The number of hydrogen-bond donors (Lipinski definition) is 0. The molecule has 0 aliphatic carbocycles. The quantitative estimate of drug-likeness (QED) is 0.134. The number of hydrogen-bond acceptors (Lipinski definition) is 4. The van der Waals surface area contributed by atoms with Crippen LogP contribution in [0.3, 0.4) is 0 Å². The van der Waals surface area contributed by atoms with Gasteiger partial charge in [-0.15, -0.1) is 0 Å². The van der Waals surface area contributed by atoms with Gasteiger partial charge in [-0.2, -0.15) is 0 Å². The lowest BCUT2D eigenvalue weighted by Crippen LogP contribution is -2.09. The Balaban J connectivity index is 1.48. The predicted octanol–water partition coefficient (Wildman–Crippen LogP) is 8.14. The zero-order valence-corrected chi connectivity index (χ0v) is 21.1. The molecule has 0 aliphatic heterocycles. The number of esters is 1. The van der Waals surface area contributed by atoms with Crippen LogP contribution in [0.2, 0.25) is 0 Å². The summed E-state index contributed by atoms with van der Waals surface area (Å²) in [5, 5.41) is 0. The molecule has 0 amide bonds. The summed E-state index contributed by atoms with van der Waals surface area (Å²) in [5.41, 5.74) is 2.96. The monoisotopic (exact) mass is 476 g/mol. The van der Waals surface area contributed by atoms with Crippen molar-refractivity contribution in [3.05, 3.63) is 77.4 Å². The molecule has 3 aromatic rings. The number of aromatic nitrogens is 2. The van der Waals surface area contributed by atoms with Crippen molar-refractivity contribution in [2.75, 3.05) is 0 Å². The van der Waals surface area contributed by atoms with E-state index in [2.05, 4.69) is 23.8 Å². The Bertz CT molecular complexity index is 1050. The fourth-order valence-corrected chi connectivity index (χ4v) is 4.09. The van der Waals surface area contributed by atoms with E-state index in [-0.39, 0.29) is 11.3 Å². The van der Waals surface area contributed by atoms with Crippen LogP contribution in [0.5, 0.6) is 5.75 Å². The standard InChI is InChI=1S/C30H37FN2O2/c1-3-5-6-7-8-9-10-11-13-23-14-16-25(17-15-23)30(34)35-26-18-19-27(28(31)20-26)29-32-21-24(12-4-2)22-33-29/h14-22H,3-13H2,1-2H3. The molecule has 186 valence electrons. The van der Waals surface area contributed by atoms with Crippen LogP contribution in [0, 0.1) is 5.82 Å². The van der Waals surface area contributed by atoms with Gasteiger partial charge in [-0.25, -0.2) is 19.2 Å². The predicted molar refractivity (Wildman–Crippen MR) is 139 cm³/mol. The topological polar surface area (TPSA) is 52.1 Å². The van der Waals surface area contributed by atoms with Crippen LogP contribution >= 0.6 is 0 Å². The summed E-state index contributed by atoms with van der Waals surface area (Å²) in [7, 11) is 0. The summed E-state index contributed by atoms with van der Waals surface area (Å²) in [6.07, 6.45) is 16.7. The van der Waals surface area contributed by atoms with Gasteiger partial charge in [0.05, 0.1) is 11.1 Å². The first-order chi connectivity index (χ1) is 17.1. The number of carbonyl (C=O) groups is 1. The van der Waals surface area contributed by atoms with E-state index in [0.29, 0.717) is 11.4 Å². The molecule has 0 saturated heterocycles. The highest BCUT2D eigenvalue weighted by atomic mass is 19.1. The zero-order valence-electron chi connectivity index (χ0n) is 21.1. The lowest BCUT2D eigenvalue weighted by Gasteiger charge is -2.08. The fourth-order valence-electron chi connectivity index (χ4n) is 4.09. The van der Waals surface area contributed by atoms with Gasteiger partial charge in [0.25, 0.3) is 0 Å². The third kappa shape index (κ3) is 8.57. The van der Waals surface area contributed by atoms with Crippen LogP contribution in [-0.4, -0.2) is 15.9 Å². The van der Waals surface area contributed by atoms with Gasteiger partial charge in [-0.05, 0) is 54.7 Å². The second kappa shape index (κ2) is 14.3. The minimum absolute atomic E-state index is 0.155. The van der Waals surface area contributed by atoms with Crippen LogP contribution in [0.25, 0.3) is 11.4 Å². The summed E-state index contributed by atoms with van der Waals surface area (Å²) in [5.74, 6) is -0.565. The van der Waals surface area contributed by atoms with Gasteiger partial charge in [-0.1, -0.05) is 77.3 Å². The van der Waals surface area contributed by atoms with E-state index in [1.54, 1.807) is 36.7 Å². The van der Waals surface area contributed by atoms with Gasteiger partial charge < -0.3 is 4.74 Å². The molecule has 0 N–H and O–H groups in total. The lowest BCUT2D eigenvalue weighted by molar-refractivity contribution is 0.0734. The van der Waals surface area contributed by atoms with E-state index in [4.69, 9.17) is 4.74 Å². The van der Waals surface area contributed by atoms with Crippen LogP contribution in [0.1, 0.15) is 93.1 Å². The number of aryl methyl sites for hydroxylation is 2. The SMILES string of the molecule is CCCCCCCCCCc1ccc(C(=O)Oc2ccc(-c3ncc(CCC)cn3)c(F)c2)cc1. The minimum atomic E-state index is -0.528. The maximum Gasteiger partial charge on any atom is 0.343 e. The molecule has 0 saturated carbocycles. The molecule has 1 heterocycles. The summed E-state index contributed by atoms with van der Waals surface area (Å²) < 4.78 is 20.1. The smallest absolute Gasteiger partial charge is 0.343 e. The summed E-state index contributed by atoms with van der Waals surface area (Å²) in [6, 6.07) is 11.8. The van der Waals surface area contributed by atoms with E-state index in [1.165, 1.54) is 56.6 Å². The molecule has 35 heavy (non-hydrogen) atoms. The number of ether oxygens (including phenoxy) is 1. The number of unbranched alkanes of at least 4 members (excludes halogenated alkanes) is 7. The minimum Gasteiger partial charge on any atom is -0.423 e. The maximum absolute atomic E-state index is 14.7. The number of halogens is 1. The van der Waals surface area contributed by atoms with E-state index >= 15 is 0 Å². The average Bonchev–Trinajstić information content (AvgIpc) is 2.87. The van der Waals surface area contributed by atoms with Gasteiger partial charge in [0.2, 0.25) is 0 Å². The number of nitrogens with zero attached hydrogens (tertiary/aromatic N) is 2. The maximum atomic E-state index is 14.7. The Morgan fingerprint density at radius 1 is 0.771 bits per heavy atom. The number of rotatable bonds is 14. The van der Waals surface area contributed by atoms with Crippen molar-refractivity contribution in [3.63, 3.8) is 0 Å². The van der Waals surface area contributed by atoms with Crippen molar-refractivity contribution in [1.29, 1.82) is 0 Å². The van der Waals surface area contributed by atoms with Gasteiger partial charge >= 0.3 is 5.97 Å². The van der Waals surface area contributed by atoms with Crippen LogP contribution < -0.4 is 4.74 Å². The molecule has 3 rings (SSSR count). The van der Waals surface area contributed by atoms with E-state index in [9.17, 15) is 9.18 Å². The summed E-state index contributed by atoms with van der Waals surface area (Å²) in [4.78, 5) is 21.1. The third-order valence-electron chi connectivity index (χ3n) is 6.14. The average molecular weight is 477 g/mol. The molecule has 0 bridgehead atoms. The van der Waals surface area contributed by atoms with E-state index in [0.717, 1.165) is 31.2 Å². The molecular formula is C30H37FN2O2. The van der Waals surface area contributed by atoms with Crippen molar-refractivity contribution in [1.82, 2.24) is 9.97 Å². The second-order valence-corrected chi connectivity index (χ2v) is 9.12. The van der Waals surface area contributed by atoms with Gasteiger partial charge in [0.1, 0.15) is 11.6 Å². The Labute approximate surface area is 209 Å². The summed E-state index contributed by atoms with van der Waals surface area (Å²) >= 11 is 0. The molecule has 0 fully saturated rings.